The Morgan fingerprint density at radius 1 is 0.318 bits per heavy atom. The summed E-state index contributed by atoms with van der Waals surface area (Å²) in [6, 6.07) is 79.1. The summed E-state index contributed by atoms with van der Waals surface area (Å²) in [7, 11) is 0. The first-order valence-electron chi connectivity index (χ1n) is 23.3. The first-order valence-corrected chi connectivity index (χ1v) is 23.3. The highest BCUT2D eigenvalue weighted by atomic mass is 16.3. The van der Waals surface area contributed by atoms with Crippen LogP contribution in [0.5, 0.6) is 0 Å². The van der Waals surface area contributed by atoms with Gasteiger partial charge in [0, 0.05) is 32.9 Å². The van der Waals surface area contributed by atoms with Gasteiger partial charge in [-0.3, -0.25) is 0 Å². The van der Waals surface area contributed by atoms with Crippen LogP contribution < -0.4 is 0 Å². The SMILES string of the molecule is CC1(C)c2cc(-c3ccccc3)ccc2-c2ccc(C(c3ccc(-c4ccc5c(c4)oc4c6ccccc6ccc54)cc3)c3ccc4c(c3)C(C)(C)c3cc(-c5ccccc5)ccc3-4)cc21. The van der Waals surface area contributed by atoms with Crippen LogP contribution in [0.2, 0.25) is 0 Å². The Bertz CT molecular complexity index is 3580. The highest BCUT2D eigenvalue weighted by Crippen LogP contribution is 2.53. The Balaban J connectivity index is 0.921. The molecule has 0 N–H and O–H groups in total. The first-order chi connectivity index (χ1) is 32.2. The van der Waals surface area contributed by atoms with Crippen molar-refractivity contribution < 1.29 is 4.42 Å². The van der Waals surface area contributed by atoms with Gasteiger partial charge in [-0.1, -0.05) is 210 Å². The van der Waals surface area contributed by atoms with Crippen molar-refractivity contribution in [2.45, 2.75) is 44.4 Å². The summed E-state index contributed by atoms with van der Waals surface area (Å²) in [5, 5.41) is 4.64. The summed E-state index contributed by atoms with van der Waals surface area (Å²) in [6.45, 7) is 9.61. The van der Waals surface area contributed by atoms with Gasteiger partial charge < -0.3 is 4.42 Å². The zero-order valence-electron chi connectivity index (χ0n) is 37.7. The van der Waals surface area contributed by atoms with Crippen LogP contribution in [0.1, 0.15) is 72.6 Å². The summed E-state index contributed by atoms with van der Waals surface area (Å²) in [5.41, 5.74) is 23.6. The van der Waals surface area contributed by atoms with Crippen molar-refractivity contribution in [1.29, 1.82) is 0 Å². The number of rotatable bonds is 6. The molecule has 2 aliphatic carbocycles. The third-order valence-corrected chi connectivity index (χ3v) is 15.2. The molecule has 13 rings (SSSR count). The molecule has 1 heteroatoms. The van der Waals surface area contributed by atoms with Crippen LogP contribution in [0.3, 0.4) is 0 Å². The van der Waals surface area contributed by atoms with Gasteiger partial charge in [-0.25, -0.2) is 0 Å². The molecule has 10 aromatic carbocycles. The highest BCUT2D eigenvalue weighted by molar-refractivity contribution is 6.15. The second kappa shape index (κ2) is 14.4. The fourth-order valence-electron chi connectivity index (χ4n) is 11.6. The van der Waals surface area contributed by atoms with E-state index in [1.54, 1.807) is 0 Å². The third kappa shape index (κ3) is 5.86. The predicted molar refractivity (Wildman–Crippen MR) is 276 cm³/mol. The molecular weight excluding hydrogens is 797 g/mol. The molecule has 0 saturated carbocycles. The molecular formula is C65H48O. The minimum absolute atomic E-state index is 0.0135. The normalized spacial score (nSPS) is 14.1. The Labute approximate surface area is 386 Å². The van der Waals surface area contributed by atoms with Gasteiger partial charge in [-0.2, -0.15) is 0 Å². The Morgan fingerprint density at radius 3 is 1.32 bits per heavy atom. The van der Waals surface area contributed by atoms with Crippen molar-refractivity contribution in [3.8, 4) is 55.6 Å². The molecule has 0 unspecified atom stereocenters. The molecule has 314 valence electrons. The fourth-order valence-corrected chi connectivity index (χ4v) is 11.6. The van der Waals surface area contributed by atoms with E-state index in [9.17, 15) is 0 Å². The second-order valence-corrected chi connectivity index (χ2v) is 19.6. The standard InChI is InChI=1S/C65H48O/c1-64(2)57-35-45(40-13-7-5-8-14-40)24-29-51(57)53-31-27-48(37-59(53)64)62(49-28-32-54-52-30-25-46(41-15-9-6-10-16-41)36-58(52)65(3,4)60(54)38-49)44-21-19-42(20-22-44)47-26-33-55-56-34-23-43-17-11-12-18-50(43)63(56)66-61(55)39-47/h5-39,62H,1-4H3. The monoisotopic (exact) mass is 844 g/mol. The molecule has 1 heterocycles. The summed E-state index contributed by atoms with van der Waals surface area (Å²) in [4.78, 5) is 0. The van der Waals surface area contributed by atoms with Crippen molar-refractivity contribution in [2.75, 3.05) is 0 Å². The van der Waals surface area contributed by atoms with Gasteiger partial charge in [0.2, 0.25) is 0 Å². The quantitative estimate of drug-likeness (QED) is 0.152. The Kier molecular flexibility index (Phi) is 8.43. The zero-order chi connectivity index (χ0) is 44.3. The van der Waals surface area contributed by atoms with E-state index in [2.05, 4.69) is 240 Å². The lowest BCUT2D eigenvalue weighted by Crippen LogP contribution is -2.17. The molecule has 1 nitrogen and oxygen atoms in total. The molecule has 2 aliphatic rings. The lowest BCUT2D eigenvalue weighted by Gasteiger charge is -2.26. The molecule has 1 aromatic heterocycles. The van der Waals surface area contributed by atoms with Gasteiger partial charge in [-0.05, 0) is 130 Å². The molecule has 0 atom stereocenters. The number of furan rings is 1. The van der Waals surface area contributed by atoms with Gasteiger partial charge in [0.1, 0.15) is 11.2 Å². The number of fused-ring (bicyclic) bond motifs is 11. The van der Waals surface area contributed by atoms with Crippen LogP contribution in [0.4, 0.5) is 0 Å². The van der Waals surface area contributed by atoms with Crippen molar-refractivity contribution in [3.05, 3.63) is 251 Å². The van der Waals surface area contributed by atoms with Crippen LogP contribution in [0, 0.1) is 0 Å². The highest BCUT2D eigenvalue weighted by Gasteiger charge is 2.38. The Hall–Kier alpha value is -7.74. The van der Waals surface area contributed by atoms with Crippen molar-refractivity contribution in [3.63, 3.8) is 0 Å². The molecule has 0 bridgehead atoms. The number of benzene rings is 10. The van der Waals surface area contributed by atoms with E-state index in [1.807, 2.05) is 0 Å². The lowest BCUT2D eigenvalue weighted by molar-refractivity contribution is 0.657. The molecule has 66 heavy (non-hydrogen) atoms. The van der Waals surface area contributed by atoms with E-state index in [0.717, 1.165) is 32.9 Å². The van der Waals surface area contributed by atoms with Crippen molar-refractivity contribution >= 4 is 32.7 Å². The summed E-state index contributed by atoms with van der Waals surface area (Å²) < 4.78 is 6.62. The molecule has 0 spiro atoms. The van der Waals surface area contributed by atoms with Gasteiger partial charge >= 0.3 is 0 Å². The maximum Gasteiger partial charge on any atom is 0.143 e. The zero-order valence-corrected chi connectivity index (χ0v) is 37.7. The average molecular weight is 845 g/mol. The maximum atomic E-state index is 6.62. The number of hydrogen-bond acceptors (Lipinski definition) is 1. The molecule has 11 aromatic rings. The molecule has 0 saturated heterocycles. The van der Waals surface area contributed by atoms with Crippen LogP contribution in [0.25, 0.3) is 88.3 Å². The van der Waals surface area contributed by atoms with Crippen molar-refractivity contribution in [2.24, 2.45) is 0 Å². The van der Waals surface area contributed by atoms with Gasteiger partial charge in [0.15, 0.2) is 0 Å². The average Bonchev–Trinajstić information content (AvgIpc) is 3.93. The molecule has 0 aliphatic heterocycles. The van der Waals surface area contributed by atoms with E-state index in [1.165, 1.54) is 94.4 Å². The van der Waals surface area contributed by atoms with Crippen LogP contribution >= 0.6 is 0 Å². The smallest absolute Gasteiger partial charge is 0.143 e. The first kappa shape index (κ1) is 38.7. The fraction of sp³-hybridized carbons (Fsp3) is 0.108. The second-order valence-electron chi connectivity index (χ2n) is 19.6. The summed E-state index contributed by atoms with van der Waals surface area (Å²) in [5.74, 6) is 0.0135. The topological polar surface area (TPSA) is 13.1 Å². The van der Waals surface area contributed by atoms with E-state index in [-0.39, 0.29) is 16.7 Å². The minimum Gasteiger partial charge on any atom is -0.455 e. The Morgan fingerprint density at radius 2 is 0.742 bits per heavy atom. The minimum atomic E-state index is -0.167. The maximum absolute atomic E-state index is 6.62. The van der Waals surface area contributed by atoms with Crippen LogP contribution in [-0.4, -0.2) is 0 Å². The van der Waals surface area contributed by atoms with E-state index in [4.69, 9.17) is 4.42 Å². The summed E-state index contributed by atoms with van der Waals surface area (Å²) in [6.07, 6.45) is 0. The van der Waals surface area contributed by atoms with Crippen molar-refractivity contribution in [1.82, 2.24) is 0 Å². The molecule has 0 amide bonds. The van der Waals surface area contributed by atoms with Gasteiger partial charge in [-0.15, -0.1) is 0 Å². The van der Waals surface area contributed by atoms with E-state index < -0.39 is 0 Å². The molecule has 0 fully saturated rings. The van der Waals surface area contributed by atoms with E-state index in [0.29, 0.717) is 0 Å². The van der Waals surface area contributed by atoms with Crippen LogP contribution in [0.15, 0.2) is 217 Å². The van der Waals surface area contributed by atoms with Gasteiger partial charge in [0.25, 0.3) is 0 Å². The van der Waals surface area contributed by atoms with Crippen LogP contribution in [-0.2, 0) is 10.8 Å². The van der Waals surface area contributed by atoms with E-state index >= 15 is 0 Å². The largest absolute Gasteiger partial charge is 0.455 e. The predicted octanol–water partition coefficient (Wildman–Crippen LogP) is 17.5. The number of hydrogen-bond donors (Lipinski definition) is 0. The van der Waals surface area contributed by atoms with Gasteiger partial charge in [0.05, 0.1) is 0 Å². The summed E-state index contributed by atoms with van der Waals surface area (Å²) >= 11 is 0. The lowest BCUT2D eigenvalue weighted by atomic mass is 9.77. The third-order valence-electron chi connectivity index (χ3n) is 15.2. The molecule has 0 radical (unpaired) electrons.